The van der Waals surface area contributed by atoms with Crippen LogP contribution in [-0.4, -0.2) is 55.8 Å². The summed E-state index contributed by atoms with van der Waals surface area (Å²) in [5, 5.41) is 9.56. The van der Waals surface area contributed by atoms with E-state index in [0.717, 1.165) is 56.2 Å². The summed E-state index contributed by atoms with van der Waals surface area (Å²) in [5.41, 5.74) is 4.91. The van der Waals surface area contributed by atoms with Crippen molar-refractivity contribution in [3.8, 4) is 11.5 Å². The number of nitrogens with zero attached hydrogens (tertiary/aromatic N) is 2. The molecule has 0 radical (unpaired) electrons. The molecule has 5 rings (SSSR count). The molecular formula is C28H30N2O4. The quantitative estimate of drug-likeness (QED) is 0.581. The third-order valence-corrected chi connectivity index (χ3v) is 6.99. The molecule has 0 spiro atoms. The minimum Gasteiger partial charge on any atom is -0.497 e. The van der Waals surface area contributed by atoms with Crippen molar-refractivity contribution in [1.29, 1.82) is 0 Å². The van der Waals surface area contributed by atoms with Gasteiger partial charge in [-0.2, -0.15) is 0 Å². The summed E-state index contributed by atoms with van der Waals surface area (Å²) in [6.45, 7) is 5.42. The average Bonchev–Trinajstić information content (AvgIpc) is 3.04. The molecule has 0 bridgehead atoms. The van der Waals surface area contributed by atoms with Crippen molar-refractivity contribution in [3.05, 3.63) is 89.0 Å². The highest BCUT2D eigenvalue weighted by Gasteiger charge is 2.27. The Morgan fingerprint density at radius 1 is 1.00 bits per heavy atom. The second-order valence-corrected chi connectivity index (χ2v) is 8.91. The number of aromatic carboxylic acids is 1. The highest BCUT2D eigenvalue weighted by molar-refractivity contribution is 5.88. The molecule has 1 N–H and O–H groups in total. The van der Waals surface area contributed by atoms with E-state index in [2.05, 4.69) is 40.1 Å². The number of carboxylic acids is 1. The molecular weight excluding hydrogens is 428 g/mol. The fourth-order valence-electron chi connectivity index (χ4n) is 5.06. The van der Waals surface area contributed by atoms with Crippen LogP contribution >= 0.6 is 0 Å². The molecule has 3 aromatic carbocycles. The van der Waals surface area contributed by atoms with Gasteiger partial charge in [-0.1, -0.05) is 24.3 Å². The summed E-state index contributed by atoms with van der Waals surface area (Å²) in [4.78, 5) is 16.6. The molecule has 0 amide bonds. The second kappa shape index (κ2) is 9.77. The maximum Gasteiger partial charge on any atom is 0.335 e. The van der Waals surface area contributed by atoms with Crippen LogP contribution in [0.15, 0.2) is 66.7 Å². The first kappa shape index (κ1) is 22.3. The van der Waals surface area contributed by atoms with E-state index < -0.39 is 5.97 Å². The molecule has 2 aliphatic heterocycles. The maximum atomic E-state index is 11.7. The Labute approximate surface area is 200 Å². The van der Waals surface area contributed by atoms with Crippen molar-refractivity contribution in [2.24, 2.45) is 0 Å². The van der Waals surface area contributed by atoms with E-state index >= 15 is 0 Å². The number of hydrogen-bond acceptors (Lipinski definition) is 5. The number of benzene rings is 3. The molecule has 2 aliphatic rings. The zero-order valence-electron chi connectivity index (χ0n) is 19.4. The van der Waals surface area contributed by atoms with Crippen LogP contribution in [0.2, 0.25) is 0 Å². The van der Waals surface area contributed by atoms with Gasteiger partial charge in [-0.05, 0) is 66.6 Å². The Morgan fingerprint density at radius 2 is 1.76 bits per heavy atom. The normalized spacial score (nSPS) is 17.8. The first-order valence-electron chi connectivity index (χ1n) is 11.8. The van der Waals surface area contributed by atoms with Crippen molar-refractivity contribution in [1.82, 2.24) is 4.90 Å². The second-order valence-electron chi connectivity index (χ2n) is 8.91. The van der Waals surface area contributed by atoms with Crippen LogP contribution in [0.1, 0.15) is 39.4 Å². The third kappa shape index (κ3) is 4.59. The van der Waals surface area contributed by atoms with E-state index in [9.17, 15) is 9.90 Å². The highest BCUT2D eigenvalue weighted by Crippen LogP contribution is 2.40. The molecule has 6 nitrogen and oxygen atoms in total. The molecule has 6 heteroatoms. The first-order chi connectivity index (χ1) is 16.6. The van der Waals surface area contributed by atoms with Gasteiger partial charge < -0.3 is 19.5 Å². The monoisotopic (exact) mass is 458 g/mol. The van der Waals surface area contributed by atoms with Crippen LogP contribution in [0.3, 0.4) is 0 Å². The summed E-state index contributed by atoms with van der Waals surface area (Å²) in [6, 6.07) is 21.9. The fraction of sp³-hybridized carbons (Fsp3) is 0.321. The van der Waals surface area contributed by atoms with Crippen LogP contribution in [0.5, 0.6) is 11.5 Å². The fourth-order valence-corrected chi connectivity index (χ4v) is 5.06. The summed E-state index contributed by atoms with van der Waals surface area (Å²) in [7, 11) is 1.69. The van der Waals surface area contributed by atoms with Gasteiger partial charge in [-0.25, -0.2) is 4.79 Å². The first-order valence-corrected chi connectivity index (χ1v) is 11.8. The molecule has 1 atom stereocenters. The largest absolute Gasteiger partial charge is 0.497 e. The van der Waals surface area contributed by atoms with Gasteiger partial charge >= 0.3 is 5.97 Å². The summed E-state index contributed by atoms with van der Waals surface area (Å²) in [5.74, 6) is 0.860. The average molecular weight is 459 g/mol. The SMILES string of the molecule is COc1ccc(N2CCN(CCC3c4ccccc4COc4ccc(C(=O)O)cc43)CC2)cc1. The molecule has 176 valence electrons. The number of methoxy groups -OCH3 is 1. The van der Waals surface area contributed by atoms with Gasteiger partial charge in [-0.15, -0.1) is 0 Å². The van der Waals surface area contributed by atoms with Crippen molar-refractivity contribution in [3.63, 3.8) is 0 Å². The van der Waals surface area contributed by atoms with E-state index in [1.807, 2.05) is 24.3 Å². The maximum absolute atomic E-state index is 11.7. The van der Waals surface area contributed by atoms with Crippen molar-refractivity contribution < 1.29 is 19.4 Å². The topological polar surface area (TPSA) is 62.2 Å². The third-order valence-electron chi connectivity index (χ3n) is 6.99. The van der Waals surface area contributed by atoms with E-state index in [1.54, 1.807) is 19.2 Å². The summed E-state index contributed by atoms with van der Waals surface area (Å²) in [6.07, 6.45) is 0.916. The van der Waals surface area contributed by atoms with Gasteiger partial charge in [0.05, 0.1) is 12.7 Å². The lowest BCUT2D eigenvalue weighted by atomic mass is 9.85. The number of ether oxygens (including phenoxy) is 2. The number of fused-ring (bicyclic) bond motifs is 2. The molecule has 0 saturated carbocycles. The van der Waals surface area contributed by atoms with Crippen molar-refractivity contribution in [2.75, 3.05) is 44.7 Å². The smallest absolute Gasteiger partial charge is 0.335 e. The number of anilines is 1. The standard InChI is InChI=1S/C28H30N2O4/c1-33-23-9-7-22(8-10-23)30-16-14-29(15-17-30)13-12-25-24-5-3-2-4-21(24)19-34-27-11-6-20(28(31)32)18-26(25)27/h2-11,18,25H,12-17,19H2,1H3,(H,31,32). The zero-order valence-corrected chi connectivity index (χ0v) is 19.4. The molecule has 2 heterocycles. The predicted molar refractivity (Wildman–Crippen MR) is 132 cm³/mol. The summed E-state index contributed by atoms with van der Waals surface area (Å²) >= 11 is 0. The lowest BCUT2D eigenvalue weighted by Crippen LogP contribution is -2.46. The number of carboxylic acid groups (broad SMARTS) is 1. The van der Waals surface area contributed by atoms with Crippen LogP contribution in [-0.2, 0) is 6.61 Å². The van der Waals surface area contributed by atoms with Gasteiger partial charge in [0.15, 0.2) is 0 Å². The molecule has 1 unspecified atom stereocenters. The minimum atomic E-state index is -0.909. The van der Waals surface area contributed by atoms with Crippen LogP contribution in [0.4, 0.5) is 5.69 Å². The van der Waals surface area contributed by atoms with E-state index in [1.165, 1.54) is 16.8 Å². The Hall–Kier alpha value is -3.51. The van der Waals surface area contributed by atoms with Gasteiger partial charge in [0.1, 0.15) is 18.1 Å². The van der Waals surface area contributed by atoms with E-state index in [4.69, 9.17) is 9.47 Å². The predicted octanol–water partition coefficient (Wildman–Crippen LogP) is 4.63. The lowest BCUT2D eigenvalue weighted by molar-refractivity contribution is 0.0696. The Kier molecular flexibility index (Phi) is 6.41. The van der Waals surface area contributed by atoms with Crippen molar-refractivity contribution in [2.45, 2.75) is 18.9 Å². The number of carbonyl (C=O) groups is 1. The van der Waals surface area contributed by atoms with Crippen molar-refractivity contribution >= 4 is 11.7 Å². The summed E-state index contributed by atoms with van der Waals surface area (Å²) < 4.78 is 11.4. The molecule has 3 aromatic rings. The Balaban J connectivity index is 1.30. The molecule has 0 aliphatic carbocycles. The Morgan fingerprint density at radius 3 is 2.50 bits per heavy atom. The van der Waals surface area contributed by atoms with Gasteiger partial charge in [-0.3, -0.25) is 4.90 Å². The molecule has 34 heavy (non-hydrogen) atoms. The van der Waals surface area contributed by atoms with Crippen LogP contribution < -0.4 is 14.4 Å². The highest BCUT2D eigenvalue weighted by atomic mass is 16.5. The number of hydrogen-bond donors (Lipinski definition) is 1. The molecule has 0 aromatic heterocycles. The molecule has 1 saturated heterocycles. The van der Waals surface area contributed by atoms with Crippen LogP contribution in [0, 0.1) is 0 Å². The number of piperazine rings is 1. The van der Waals surface area contributed by atoms with E-state index in [0.29, 0.717) is 12.2 Å². The van der Waals surface area contributed by atoms with Gasteiger partial charge in [0.2, 0.25) is 0 Å². The Bertz CT molecular complexity index is 1150. The minimum absolute atomic E-state index is 0.104. The van der Waals surface area contributed by atoms with Crippen LogP contribution in [0.25, 0.3) is 0 Å². The van der Waals surface area contributed by atoms with Gasteiger partial charge in [0, 0.05) is 43.3 Å². The lowest BCUT2D eigenvalue weighted by Gasteiger charge is -2.36. The molecule has 1 fully saturated rings. The number of rotatable bonds is 6. The van der Waals surface area contributed by atoms with Gasteiger partial charge in [0.25, 0.3) is 0 Å². The zero-order chi connectivity index (χ0) is 23.5. The van der Waals surface area contributed by atoms with E-state index in [-0.39, 0.29) is 5.92 Å².